The molecule has 1 aromatic heterocycles. The summed E-state index contributed by atoms with van der Waals surface area (Å²) in [5.74, 6) is -4.61. The molecule has 0 aliphatic carbocycles. The largest absolute Gasteiger partial charge is 0.348 e. The molecule has 1 N–H and O–H groups in total. The van der Waals surface area contributed by atoms with E-state index in [-0.39, 0.29) is 0 Å². The van der Waals surface area contributed by atoms with Crippen molar-refractivity contribution in [2.24, 2.45) is 0 Å². The SMILES string of the molecule is O=[N+]([O-])c1cnc(NCC(F)(F)C(F)F)nc1. The molecule has 0 aliphatic heterocycles. The van der Waals surface area contributed by atoms with E-state index in [1.807, 2.05) is 5.32 Å². The van der Waals surface area contributed by atoms with E-state index in [1.165, 1.54) is 0 Å². The third-order valence-corrected chi connectivity index (χ3v) is 1.65. The van der Waals surface area contributed by atoms with Gasteiger partial charge in [0.15, 0.2) is 0 Å². The van der Waals surface area contributed by atoms with Crippen LogP contribution in [0.25, 0.3) is 0 Å². The highest BCUT2D eigenvalue weighted by Gasteiger charge is 2.40. The molecule has 1 aromatic rings. The Morgan fingerprint density at radius 1 is 1.41 bits per heavy atom. The van der Waals surface area contributed by atoms with E-state index in [9.17, 15) is 27.7 Å². The predicted octanol–water partition coefficient (Wildman–Crippen LogP) is 1.70. The first kappa shape index (κ1) is 13.1. The van der Waals surface area contributed by atoms with Gasteiger partial charge in [-0.2, -0.15) is 8.78 Å². The summed E-state index contributed by atoms with van der Waals surface area (Å²) in [4.78, 5) is 16.1. The van der Waals surface area contributed by atoms with E-state index in [0.717, 1.165) is 12.4 Å². The molecule has 94 valence electrons. The standard InChI is InChI=1S/C7H6F4N4O2/c8-5(9)7(10,11)3-14-6-12-1-4(2-13-6)15(16)17/h1-2,5H,3H2,(H,12,13,14). The van der Waals surface area contributed by atoms with E-state index in [1.54, 1.807) is 0 Å². The number of aromatic nitrogens is 2. The van der Waals surface area contributed by atoms with Crippen LogP contribution in [0, 0.1) is 10.1 Å². The molecule has 0 saturated heterocycles. The summed E-state index contributed by atoms with van der Waals surface area (Å²) < 4.78 is 48.5. The zero-order valence-electron chi connectivity index (χ0n) is 8.11. The number of hydrogen-bond donors (Lipinski definition) is 1. The van der Waals surface area contributed by atoms with Crippen LogP contribution in [-0.4, -0.2) is 33.8 Å². The maximum Gasteiger partial charge on any atom is 0.324 e. The topological polar surface area (TPSA) is 81.0 Å². The number of alkyl halides is 4. The molecule has 1 heterocycles. The number of anilines is 1. The molecular weight excluding hydrogens is 248 g/mol. The molecule has 0 aromatic carbocycles. The van der Waals surface area contributed by atoms with Crippen molar-refractivity contribution in [2.45, 2.75) is 12.3 Å². The van der Waals surface area contributed by atoms with Gasteiger partial charge in [0.25, 0.3) is 0 Å². The molecule has 0 aliphatic rings. The number of rotatable bonds is 5. The Labute approximate surface area is 91.8 Å². The minimum Gasteiger partial charge on any atom is -0.348 e. The summed E-state index contributed by atoms with van der Waals surface area (Å²) in [6, 6.07) is 0. The first-order valence-corrected chi connectivity index (χ1v) is 4.19. The Hall–Kier alpha value is -2.00. The maximum absolute atomic E-state index is 12.5. The van der Waals surface area contributed by atoms with E-state index >= 15 is 0 Å². The summed E-state index contributed by atoms with van der Waals surface area (Å²) in [6.07, 6.45) is -2.26. The van der Waals surface area contributed by atoms with Crippen LogP contribution in [0.15, 0.2) is 12.4 Å². The minimum atomic E-state index is -4.22. The summed E-state index contributed by atoms with van der Waals surface area (Å²) in [5, 5.41) is 12.1. The first-order valence-electron chi connectivity index (χ1n) is 4.19. The minimum absolute atomic E-state index is 0.393. The smallest absolute Gasteiger partial charge is 0.324 e. The second-order valence-electron chi connectivity index (χ2n) is 2.94. The third kappa shape index (κ3) is 3.50. The fourth-order valence-electron chi connectivity index (χ4n) is 0.781. The van der Waals surface area contributed by atoms with E-state index in [4.69, 9.17) is 0 Å². The highest BCUT2D eigenvalue weighted by molar-refractivity contribution is 5.30. The summed E-state index contributed by atoms with van der Waals surface area (Å²) in [6.45, 7) is -1.36. The van der Waals surface area contributed by atoms with Crippen LogP contribution in [-0.2, 0) is 0 Å². The predicted molar refractivity (Wildman–Crippen MR) is 48.1 cm³/mol. The molecular formula is C7H6F4N4O2. The lowest BCUT2D eigenvalue weighted by atomic mass is 10.3. The van der Waals surface area contributed by atoms with Crippen molar-refractivity contribution in [3.05, 3.63) is 22.5 Å². The number of nitro groups is 1. The average Bonchev–Trinajstić information content (AvgIpc) is 2.27. The van der Waals surface area contributed by atoms with Gasteiger partial charge in [0.05, 0.1) is 11.5 Å². The lowest BCUT2D eigenvalue weighted by Gasteiger charge is -2.15. The molecule has 0 amide bonds. The Morgan fingerprint density at radius 3 is 2.35 bits per heavy atom. The van der Waals surface area contributed by atoms with Crippen molar-refractivity contribution < 1.29 is 22.5 Å². The van der Waals surface area contributed by atoms with Crippen molar-refractivity contribution >= 4 is 11.6 Å². The van der Waals surface area contributed by atoms with Gasteiger partial charge < -0.3 is 5.32 Å². The van der Waals surface area contributed by atoms with Gasteiger partial charge in [-0.05, 0) is 0 Å². The molecule has 0 radical (unpaired) electrons. The van der Waals surface area contributed by atoms with Crippen LogP contribution < -0.4 is 5.32 Å². The van der Waals surface area contributed by atoms with Gasteiger partial charge in [-0.25, -0.2) is 18.7 Å². The average molecular weight is 254 g/mol. The fraction of sp³-hybridized carbons (Fsp3) is 0.429. The summed E-state index contributed by atoms with van der Waals surface area (Å²) >= 11 is 0. The molecule has 0 bridgehead atoms. The van der Waals surface area contributed by atoms with Gasteiger partial charge in [0.2, 0.25) is 5.95 Å². The van der Waals surface area contributed by atoms with Crippen molar-refractivity contribution in [1.82, 2.24) is 9.97 Å². The van der Waals surface area contributed by atoms with Crippen LogP contribution in [0.1, 0.15) is 0 Å². The Morgan fingerprint density at radius 2 is 1.94 bits per heavy atom. The molecule has 6 nitrogen and oxygen atoms in total. The molecule has 17 heavy (non-hydrogen) atoms. The van der Waals surface area contributed by atoms with Gasteiger partial charge in [0, 0.05) is 0 Å². The van der Waals surface area contributed by atoms with Gasteiger partial charge in [0.1, 0.15) is 12.4 Å². The maximum atomic E-state index is 12.5. The lowest BCUT2D eigenvalue weighted by molar-refractivity contribution is -0.385. The number of halogens is 4. The molecule has 1 rings (SSSR count). The molecule has 0 unspecified atom stereocenters. The van der Waals surface area contributed by atoms with Gasteiger partial charge in [-0.3, -0.25) is 10.1 Å². The van der Waals surface area contributed by atoms with Crippen LogP contribution in [0.5, 0.6) is 0 Å². The normalized spacial score (nSPS) is 11.6. The van der Waals surface area contributed by atoms with Crippen molar-refractivity contribution in [3.63, 3.8) is 0 Å². The number of nitrogens with one attached hydrogen (secondary N) is 1. The van der Waals surface area contributed by atoms with Crippen LogP contribution in [0.2, 0.25) is 0 Å². The zero-order chi connectivity index (χ0) is 13.1. The van der Waals surface area contributed by atoms with Gasteiger partial charge in [-0.1, -0.05) is 0 Å². The zero-order valence-corrected chi connectivity index (χ0v) is 8.11. The fourth-order valence-corrected chi connectivity index (χ4v) is 0.781. The highest BCUT2D eigenvalue weighted by Crippen LogP contribution is 2.22. The monoisotopic (exact) mass is 254 g/mol. The van der Waals surface area contributed by atoms with Gasteiger partial charge in [-0.15, -0.1) is 0 Å². The van der Waals surface area contributed by atoms with Crippen LogP contribution in [0.3, 0.4) is 0 Å². The molecule has 0 atom stereocenters. The number of hydrogen-bond acceptors (Lipinski definition) is 5. The second kappa shape index (κ2) is 4.89. The van der Waals surface area contributed by atoms with E-state index in [0.29, 0.717) is 0 Å². The third-order valence-electron chi connectivity index (χ3n) is 1.65. The molecule has 0 saturated carbocycles. The molecule has 0 spiro atoms. The van der Waals surface area contributed by atoms with Gasteiger partial charge >= 0.3 is 18.0 Å². The first-order chi connectivity index (χ1) is 7.83. The van der Waals surface area contributed by atoms with E-state index in [2.05, 4.69) is 9.97 Å². The molecule has 0 fully saturated rings. The van der Waals surface area contributed by atoms with Crippen molar-refractivity contribution in [2.75, 3.05) is 11.9 Å². The van der Waals surface area contributed by atoms with E-state index < -0.39 is 35.5 Å². The Bertz CT molecular complexity index is 397. The second-order valence-corrected chi connectivity index (χ2v) is 2.94. The van der Waals surface area contributed by atoms with Crippen LogP contribution >= 0.6 is 0 Å². The summed E-state index contributed by atoms with van der Waals surface area (Å²) in [5.41, 5.74) is -0.434. The quantitative estimate of drug-likeness (QED) is 0.491. The lowest BCUT2D eigenvalue weighted by Crippen LogP contribution is -2.35. The van der Waals surface area contributed by atoms with Crippen molar-refractivity contribution in [3.8, 4) is 0 Å². The number of nitrogens with zero attached hydrogens (tertiary/aromatic N) is 3. The van der Waals surface area contributed by atoms with Crippen molar-refractivity contribution in [1.29, 1.82) is 0 Å². The Kier molecular flexibility index (Phi) is 3.76. The Balaban J connectivity index is 2.62. The summed E-state index contributed by atoms with van der Waals surface area (Å²) in [7, 11) is 0. The van der Waals surface area contributed by atoms with Crippen LogP contribution in [0.4, 0.5) is 29.2 Å². The highest BCUT2D eigenvalue weighted by atomic mass is 19.3. The molecule has 10 heteroatoms.